The van der Waals surface area contributed by atoms with Crippen LogP contribution < -0.4 is 14.2 Å². The van der Waals surface area contributed by atoms with Gasteiger partial charge in [-0.25, -0.2) is 4.79 Å². The lowest BCUT2D eigenvalue weighted by molar-refractivity contribution is 0.0690. The van der Waals surface area contributed by atoms with Crippen molar-refractivity contribution >= 4 is 11.9 Å². The molecule has 1 aliphatic heterocycles. The summed E-state index contributed by atoms with van der Waals surface area (Å²) in [7, 11) is 4.22. The highest BCUT2D eigenvalue weighted by atomic mass is 16.5. The van der Waals surface area contributed by atoms with Gasteiger partial charge in [0, 0.05) is 24.8 Å². The minimum absolute atomic E-state index is 0.0470. The van der Waals surface area contributed by atoms with Gasteiger partial charge in [-0.3, -0.25) is 9.78 Å². The van der Waals surface area contributed by atoms with E-state index >= 15 is 0 Å². The molecule has 1 fully saturated rings. The Morgan fingerprint density at radius 3 is 2.14 bits per heavy atom. The largest absolute Gasteiger partial charge is 0.492 e. The van der Waals surface area contributed by atoms with Crippen molar-refractivity contribution in [1.82, 2.24) is 9.88 Å². The standard InChI is InChI=1S/C21H24N2O6/c1-27-17-14(11-15(21(25)26)18(28-2)19(17)29-3)16-8-7-13(12-22-16)20(24)23-9-5-4-6-10-23/h7-8,11-12H,4-6,9-10H2,1-3H3,(H,25,26). The molecule has 0 unspecified atom stereocenters. The van der Waals surface area contributed by atoms with Crippen molar-refractivity contribution in [3.63, 3.8) is 0 Å². The molecule has 0 saturated carbocycles. The second-order valence-electron chi connectivity index (χ2n) is 6.66. The number of ether oxygens (including phenoxy) is 3. The number of amides is 1. The lowest BCUT2D eigenvalue weighted by atomic mass is 10.0. The number of nitrogens with zero attached hydrogens (tertiary/aromatic N) is 2. The number of aromatic carboxylic acids is 1. The van der Waals surface area contributed by atoms with Gasteiger partial charge < -0.3 is 24.2 Å². The first-order valence-electron chi connectivity index (χ1n) is 9.33. The highest BCUT2D eigenvalue weighted by Gasteiger charge is 2.26. The summed E-state index contributed by atoms with van der Waals surface area (Å²) in [5.74, 6) is -0.676. The number of methoxy groups -OCH3 is 3. The first-order valence-corrected chi connectivity index (χ1v) is 9.33. The second kappa shape index (κ2) is 8.81. The molecule has 154 valence electrons. The molecule has 8 nitrogen and oxygen atoms in total. The van der Waals surface area contributed by atoms with Gasteiger partial charge >= 0.3 is 5.97 Å². The van der Waals surface area contributed by atoms with Crippen molar-refractivity contribution in [2.24, 2.45) is 0 Å². The Morgan fingerprint density at radius 1 is 0.966 bits per heavy atom. The molecule has 1 amide bonds. The number of rotatable bonds is 6. The first-order chi connectivity index (χ1) is 14.0. The molecular formula is C21H24N2O6. The third kappa shape index (κ3) is 3.96. The zero-order valence-corrected chi connectivity index (χ0v) is 16.7. The summed E-state index contributed by atoms with van der Waals surface area (Å²) < 4.78 is 16.0. The molecular weight excluding hydrogens is 376 g/mol. The molecule has 0 bridgehead atoms. The summed E-state index contributed by atoms with van der Waals surface area (Å²) in [6.07, 6.45) is 4.67. The van der Waals surface area contributed by atoms with Crippen LogP contribution in [0.4, 0.5) is 0 Å². The van der Waals surface area contributed by atoms with E-state index in [4.69, 9.17) is 14.2 Å². The highest BCUT2D eigenvalue weighted by molar-refractivity contribution is 5.96. The Kier molecular flexibility index (Phi) is 6.21. The van der Waals surface area contributed by atoms with E-state index in [1.54, 1.807) is 12.1 Å². The number of carbonyl (C=O) groups is 2. The Hall–Kier alpha value is -3.29. The summed E-state index contributed by atoms with van der Waals surface area (Å²) in [6.45, 7) is 1.51. The van der Waals surface area contributed by atoms with Crippen LogP contribution in [0.3, 0.4) is 0 Å². The van der Waals surface area contributed by atoms with Gasteiger partial charge in [-0.2, -0.15) is 0 Å². The van der Waals surface area contributed by atoms with Crippen LogP contribution in [0.1, 0.15) is 40.0 Å². The smallest absolute Gasteiger partial charge is 0.339 e. The minimum Gasteiger partial charge on any atom is -0.492 e. The molecule has 0 aliphatic carbocycles. The van der Waals surface area contributed by atoms with Gasteiger partial charge in [0.25, 0.3) is 5.91 Å². The van der Waals surface area contributed by atoms with Gasteiger partial charge in [-0.05, 0) is 37.5 Å². The number of benzene rings is 1. The number of hydrogen-bond acceptors (Lipinski definition) is 6. The molecule has 0 radical (unpaired) electrons. The number of carboxylic acid groups (broad SMARTS) is 1. The van der Waals surface area contributed by atoms with E-state index in [0.717, 1.165) is 32.4 Å². The number of likely N-dealkylation sites (tertiary alicyclic amines) is 1. The topological polar surface area (TPSA) is 98.2 Å². The van der Waals surface area contributed by atoms with Crippen LogP contribution in [-0.4, -0.2) is 61.3 Å². The van der Waals surface area contributed by atoms with E-state index in [2.05, 4.69) is 4.98 Å². The summed E-state index contributed by atoms with van der Waals surface area (Å²) >= 11 is 0. The van der Waals surface area contributed by atoms with E-state index in [0.29, 0.717) is 22.6 Å². The minimum atomic E-state index is -1.17. The lowest BCUT2D eigenvalue weighted by Gasteiger charge is -2.26. The van der Waals surface area contributed by atoms with Gasteiger partial charge in [-0.15, -0.1) is 0 Å². The molecule has 1 aromatic carbocycles. The number of carboxylic acids is 1. The summed E-state index contributed by atoms with van der Waals surface area (Å²) in [5.41, 5.74) is 1.31. The van der Waals surface area contributed by atoms with Gasteiger partial charge in [0.15, 0.2) is 11.5 Å². The van der Waals surface area contributed by atoms with Crippen molar-refractivity contribution in [3.8, 4) is 28.5 Å². The molecule has 8 heteroatoms. The van der Waals surface area contributed by atoms with E-state index in [-0.39, 0.29) is 23.0 Å². The van der Waals surface area contributed by atoms with Crippen molar-refractivity contribution in [2.75, 3.05) is 34.4 Å². The van der Waals surface area contributed by atoms with Crippen LogP contribution in [0.25, 0.3) is 11.3 Å². The third-order valence-corrected chi connectivity index (χ3v) is 4.96. The Balaban J connectivity index is 2.02. The fourth-order valence-corrected chi connectivity index (χ4v) is 3.52. The molecule has 0 spiro atoms. The maximum absolute atomic E-state index is 12.6. The molecule has 3 rings (SSSR count). The van der Waals surface area contributed by atoms with Crippen LogP contribution >= 0.6 is 0 Å². The number of aromatic nitrogens is 1. The van der Waals surface area contributed by atoms with Crippen molar-refractivity contribution in [1.29, 1.82) is 0 Å². The van der Waals surface area contributed by atoms with Gasteiger partial charge in [0.05, 0.1) is 32.6 Å². The molecule has 2 heterocycles. The maximum Gasteiger partial charge on any atom is 0.339 e. The van der Waals surface area contributed by atoms with Gasteiger partial charge in [-0.1, -0.05) is 0 Å². The molecule has 29 heavy (non-hydrogen) atoms. The summed E-state index contributed by atoms with van der Waals surface area (Å²) in [5, 5.41) is 9.57. The van der Waals surface area contributed by atoms with E-state index in [1.165, 1.54) is 33.6 Å². The van der Waals surface area contributed by atoms with E-state index < -0.39 is 5.97 Å². The molecule has 1 aromatic heterocycles. The molecule has 1 aliphatic rings. The van der Waals surface area contributed by atoms with Crippen molar-refractivity contribution in [3.05, 3.63) is 35.5 Å². The molecule has 0 atom stereocenters. The molecule has 1 saturated heterocycles. The Morgan fingerprint density at radius 2 is 1.62 bits per heavy atom. The quantitative estimate of drug-likeness (QED) is 0.795. The predicted octanol–water partition coefficient (Wildman–Crippen LogP) is 3.10. The van der Waals surface area contributed by atoms with Crippen LogP contribution in [0.15, 0.2) is 24.4 Å². The number of carbonyl (C=O) groups excluding carboxylic acids is 1. The Bertz CT molecular complexity index is 904. The first kappa shape index (κ1) is 20.4. The van der Waals surface area contributed by atoms with Gasteiger partial charge in [0.1, 0.15) is 5.56 Å². The monoisotopic (exact) mass is 400 g/mol. The normalized spacial score (nSPS) is 13.7. The fourth-order valence-electron chi connectivity index (χ4n) is 3.52. The summed E-state index contributed by atoms with van der Waals surface area (Å²) in [6, 6.07) is 4.79. The van der Waals surface area contributed by atoms with Crippen LogP contribution in [0.2, 0.25) is 0 Å². The lowest BCUT2D eigenvalue weighted by Crippen LogP contribution is -2.35. The highest BCUT2D eigenvalue weighted by Crippen LogP contribution is 2.46. The van der Waals surface area contributed by atoms with Crippen LogP contribution in [0.5, 0.6) is 17.2 Å². The predicted molar refractivity (Wildman–Crippen MR) is 106 cm³/mol. The molecule has 1 N–H and O–H groups in total. The summed E-state index contributed by atoms with van der Waals surface area (Å²) in [4.78, 5) is 30.6. The average Bonchev–Trinajstić information content (AvgIpc) is 2.77. The zero-order valence-electron chi connectivity index (χ0n) is 16.7. The number of piperidine rings is 1. The SMILES string of the molecule is COc1c(C(=O)O)cc(-c2ccc(C(=O)N3CCCCC3)cn2)c(OC)c1OC. The van der Waals surface area contributed by atoms with Gasteiger partial charge in [0.2, 0.25) is 5.75 Å². The van der Waals surface area contributed by atoms with E-state index in [1.807, 2.05) is 4.90 Å². The van der Waals surface area contributed by atoms with Crippen molar-refractivity contribution < 1.29 is 28.9 Å². The average molecular weight is 400 g/mol. The fraction of sp³-hybridized carbons (Fsp3) is 0.381. The number of pyridine rings is 1. The molecule has 2 aromatic rings. The third-order valence-electron chi connectivity index (χ3n) is 4.96. The Labute approximate surface area is 169 Å². The van der Waals surface area contributed by atoms with Crippen molar-refractivity contribution in [2.45, 2.75) is 19.3 Å². The number of hydrogen-bond donors (Lipinski definition) is 1. The zero-order chi connectivity index (χ0) is 21.0. The van der Waals surface area contributed by atoms with E-state index in [9.17, 15) is 14.7 Å². The second-order valence-corrected chi connectivity index (χ2v) is 6.66. The van der Waals surface area contributed by atoms with Crippen LogP contribution in [-0.2, 0) is 0 Å². The van der Waals surface area contributed by atoms with Crippen LogP contribution in [0, 0.1) is 0 Å². The maximum atomic E-state index is 12.6.